The van der Waals surface area contributed by atoms with E-state index in [1.807, 2.05) is 0 Å². The molecule has 3 heterocycles. The average Bonchev–Trinajstić information content (AvgIpc) is 3.31. The number of rotatable bonds is 5. The van der Waals surface area contributed by atoms with E-state index in [0.29, 0.717) is 18.2 Å². The van der Waals surface area contributed by atoms with Gasteiger partial charge in [-0.15, -0.1) is 0 Å². The van der Waals surface area contributed by atoms with E-state index in [2.05, 4.69) is 19.6 Å². The minimum absolute atomic E-state index is 0.138. The molecule has 0 spiro atoms. The molecule has 25 heavy (non-hydrogen) atoms. The Morgan fingerprint density at radius 1 is 1.20 bits per heavy atom. The minimum Gasteiger partial charge on any atom is -0.493 e. The fourth-order valence-electron chi connectivity index (χ4n) is 3.13. The van der Waals surface area contributed by atoms with Crippen molar-refractivity contribution in [3.05, 3.63) is 41.7 Å². The van der Waals surface area contributed by atoms with E-state index in [9.17, 15) is 8.42 Å². The third-order valence-corrected chi connectivity index (χ3v) is 5.90. The Balaban J connectivity index is 1.47. The third kappa shape index (κ3) is 3.45. The summed E-state index contributed by atoms with van der Waals surface area (Å²) in [5, 5.41) is 0. The summed E-state index contributed by atoms with van der Waals surface area (Å²) in [4.78, 5) is 11.1. The normalized spacial score (nSPS) is 16.7. The first-order valence-corrected chi connectivity index (χ1v) is 9.92. The molecule has 2 aliphatic heterocycles. The van der Waals surface area contributed by atoms with Gasteiger partial charge in [0.1, 0.15) is 5.75 Å². The zero-order valence-electron chi connectivity index (χ0n) is 13.8. The molecule has 4 rings (SSSR count). The first-order valence-electron chi connectivity index (χ1n) is 8.44. The number of fused-ring (bicyclic) bond motifs is 1. The Morgan fingerprint density at radius 3 is 2.88 bits per heavy atom. The highest BCUT2D eigenvalue weighted by molar-refractivity contribution is 7.89. The molecule has 0 aliphatic carbocycles. The quantitative estimate of drug-likeness (QED) is 0.870. The van der Waals surface area contributed by atoms with Crippen LogP contribution in [0.4, 0.5) is 5.95 Å². The number of anilines is 1. The largest absolute Gasteiger partial charge is 0.493 e. The number of benzene rings is 1. The van der Waals surface area contributed by atoms with Gasteiger partial charge in [0.25, 0.3) is 0 Å². The Hall–Kier alpha value is -2.19. The van der Waals surface area contributed by atoms with E-state index < -0.39 is 10.0 Å². The summed E-state index contributed by atoms with van der Waals surface area (Å²) in [5.74, 6) is 1.44. The first-order chi connectivity index (χ1) is 12.1. The summed E-state index contributed by atoms with van der Waals surface area (Å²) in [6, 6.07) is 6.70. The number of nitrogens with one attached hydrogen (secondary N) is 1. The van der Waals surface area contributed by atoms with Gasteiger partial charge >= 0.3 is 0 Å². The van der Waals surface area contributed by atoms with Crippen LogP contribution < -0.4 is 14.4 Å². The molecule has 1 saturated heterocycles. The molecule has 2 aromatic rings. The van der Waals surface area contributed by atoms with E-state index in [4.69, 9.17) is 4.74 Å². The number of sulfonamides is 1. The van der Waals surface area contributed by atoms with Crippen LogP contribution in [-0.2, 0) is 23.0 Å². The monoisotopic (exact) mass is 360 g/mol. The lowest BCUT2D eigenvalue weighted by Crippen LogP contribution is -2.25. The van der Waals surface area contributed by atoms with Gasteiger partial charge in [0.15, 0.2) is 0 Å². The standard InChI is InChI=1S/C17H20N4O3S/c22-25(23,15-3-4-16-13(11-15)6-10-24-16)19-12-14-5-7-18-17(20-14)21-8-1-2-9-21/h3-5,7,11,19H,1-2,6,8-10,12H2. The topological polar surface area (TPSA) is 84.4 Å². The van der Waals surface area contributed by atoms with Crippen molar-refractivity contribution < 1.29 is 13.2 Å². The molecule has 0 unspecified atom stereocenters. The number of hydrogen-bond donors (Lipinski definition) is 1. The van der Waals surface area contributed by atoms with Crippen molar-refractivity contribution >= 4 is 16.0 Å². The summed E-state index contributed by atoms with van der Waals surface area (Å²) < 4.78 is 33.1. The molecular weight excluding hydrogens is 340 g/mol. The van der Waals surface area contributed by atoms with E-state index in [0.717, 1.165) is 43.7 Å². The van der Waals surface area contributed by atoms with Gasteiger partial charge in [0, 0.05) is 25.7 Å². The summed E-state index contributed by atoms with van der Waals surface area (Å²) in [6.45, 7) is 2.64. The van der Waals surface area contributed by atoms with E-state index in [-0.39, 0.29) is 11.4 Å². The molecule has 0 amide bonds. The smallest absolute Gasteiger partial charge is 0.240 e. The number of nitrogens with zero attached hydrogens (tertiary/aromatic N) is 3. The van der Waals surface area contributed by atoms with Gasteiger partial charge in [-0.2, -0.15) is 0 Å². The van der Waals surface area contributed by atoms with Gasteiger partial charge in [-0.1, -0.05) is 0 Å². The number of aromatic nitrogens is 2. The fraction of sp³-hybridized carbons (Fsp3) is 0.412. The van der Waals surface area contributed by atoms with Gasteiger partial charge in [-0.05, 0) is 42.7 Å². The van der Waals surface area contributed by atoms with Crippen molar-refractivity contribution in [2.24, 2.45) is 0 Å². The van der Waals surface area contributed by atoms with Gasteiger partial charge in [0.05, 0.1) is 23.7 Å². The lowest BCUT2D eigenvalue weighted by Gasteiger charge is -2.15. The van der Waals surface area contributed by atoms with E-state index in [1.165, 1.54) is 0 Å². The van der Waals surface area contributed by atoms with Gasteiger partial charge < -0.3 is 9.64 Å². The van der Waals surface area contributed by atoms with Crippen LogP contribution in [0.5, 0.6) is 5.75 Å². The molecule has 1 aromatic heterocycles. The highest BCUT2D eigenvalue weighted by Gasteiger charge is 2.20. The first kappa shape index (κ1) is 16.3. The van der Waals surface area contributed by atoms with E-state index >= 15 is 0 Å². The second-order valence-electron chi connectivity index (χ2n) is 6.23. The summed E-state index contributed by atoms with van der Waals surface area (Å²) >= 11 is 0. The molecule has 8 heteroatoms. The Labute approximate surface area is 147 Å². The fourth-order valence-corrected chi connectivity index (χ4v) is 4.18. The lowest BCUT2D eigenvalue weighted by molar-refractivity contribution is 0.356. The highest BCUT2D eigenvalue weighted by atomic mass is 32.2. The molecule has 1 N–H and O–H groups in total. The van der Waals surface area contributed by atoms with Crippen LogP contribution >= 0.6 is 0 Å². The third-order valence-electron chi connectivity index (χ3n) is 4.50. The molecule has 1 fully saturated rings. The van der Waals surface area contributed by atoms with Crippen LogP contribution in [0.2, 0.25) is 0 Å². The molecule has 0 saturated carbocycles. The molecule has 7 nitrogen and oxygen atoms in total. The van der Waals surface area contributed by atoms with Crippen LogP contribution in [0.15, 0.2) is 35.4 Å². The second-order valence-corrected chi connectivity index (χ2v) is 8.00. The van der Waals surface area contributed by atoms with Crippen LogP contribution in [-0.4, -0.2) is 38.1 Å². The molecule has 0 bridgehead atoms. The number of hydrogen-bond acceptors (Lipinski definition) is 6. The second kappa shape index (κ2) is 6.61. The maximum Gasteiger partial charge on any atom is 0.240 e. The average molecular weight is 360 g/mol. The van der Waals surface area contributed by atoms with Gasteiger partial charge in [0.2, 0.25) is 16.0 Å². The Bertz CT molecular complexity index is 879. The van der Waals surface area contributed by atoms with Crippen molar-refractivity contribution in [3.63, 3.8) is 0 Å². The van der Waals surface area contributed by atoms with Crippen molar-refractivity contribution in [1.82, 2.24) is 14.7 Å². The van der Waals surface area contributed by atoms with E-state index in [1.54, 1.807) is 30.5 Å². The van der Waals surface area contributed by atoms with Crippen LogP contribution in [0.1, 0.15) is 24.1 Å². The highest BCUT2D eigenvalue weighted by Crippen LogP contribution is 2.27. The van der Waals surface area contributed by atoms with Crippen molar-refractivity contribution in [2.75, 3.05) is 24.6 Å². The molecular formula is C17H20N4O3S. The SMILES string of the molecule is O=S(=O)(NCc1ccnc(N2CCCC2)n1)c1ccc2c(c1)CCO2. The predicted molar refractivity (Wildman–Crippen MR) is 93.1 cm³/mol. The van der Waals surface area contributed by atoms with Gasteiger partial charge in [-0.25, -0.2) is 23.1 Å². The Kier molecular flexibility index (Phi) is 4.30. The minimum atomic E-state index is -3.59. The Morgan fingerprint density at radius 2 is 2.04 bits per heavy atom. The van der Waals surface area contributed by atoms with Gasteiger partial charge in [-0.3, -0.25) is 0 Å². The van der Waals surface area contributed by atoms with Crippen LogP contribution in [0.3, 0.4) is 0 Å². The summed E-state index contributed by atoms with van der Waals surface area (Å²) in [6.07, 6.45) is 4.70. The zero-order valence-corrected chi connectivity index (χ0v) is 14.6. The lowest BCUT2D eigenvalue weighted by atomic mass is 10.2. The predicted octanol–water partition coefficient (Wildman–Crippen LogP) is 1.49. The van der Waals surface area contributed by atoms with Crippen molar-refractivity contribution in [3.8, 4) is 5.75 Å². The van der Waals surface area contributed by atoms with Crippen molar-refractivity contribution in [2.45, 2.75) is 30.7 Å². The molecule has 0 radical (unpaired) electrons. The van der Waals surface area contributed by atoms with Crippen molar-refractivity contribution in [1.29, 1.82) is 0 Å². The number of ether oxygens (including phenoxy) is 1. The maximum absolute atomic E-state index is 12.5. The molecule has 2 aliphatic rings. The van der Waals surface area contributed by atoms with Crippen LogP contribution in [0.25, 0.3) is 0 Å². The summed E-state index contributed by atoms with van der Waals surface area (Å²) in [5.41, 5.74) is 1.59. The molecule has 1 aromatic carbocycles. The van der Waals surface area contributed by atoms with Crippen LogP contribution in [0, 0.1) is 0 Å². The maximum atomic E-state index is 12.5. The summed E-state index contributed by atoms with van der Waals surface area (Å²) in [7, 11) is -3.59. The molecule has 0 atom stereocenters. The zero-order chi connectivity index (χ0) is 17.3. The molecule has 132 valence electrons.